The van der Waals surface area contributed by atoms with Gasteiger partial charge >= 0.3 is 0 Å². The highest BCUT2D eigenvalue weighted by Gasteiger charge is 2.12. The van der Waals surface area contributed by atoms with E-state index in [0.717, 1.165) is 12.2 Å². The smallest absolute Gasteiger partial charge is 0.238 e. The quantitative estimate of drug-likeness (QED) is 0.842. The van der Waals surface area contributed by atoms with Crippen LogP contribution in [0.4, 0.5) is 5.95 Å². The Hall–Kier alpha value is -1.36. The van der Waals surface area contributed by atoms with Crippen molar-refractivity contribution in [2.24, 2.45) is 5.92 Å². The van der Waals surface area contributed by atoms with Gasteiger partial charge in [-0.05, 0) is 5.92 Å². The predicted octanol–water partition coefficient (Wildman–Crippen LogP) is 1.56. The highest BCUT2D eigenvalue weighted by atomic mass is 35.5. The molecule has 15 heavy (non-hydrogen) atoms. The zero-order valence-electron chi connectivity index (χ0n) is 8.61. The van der Waals surface area contributed by atoms with Crippen LogP contribution >= 0.6 is 11.6 Å². The lowest BCUT2D eigenvalue weighted by molar-refractivity contribution is 0.608. The highest BCUT2D eigenvalue weighted by molar-refractivity contribution is 6.32. The first kappa shape index (κ1) is 10.2. The van der Waals surface area contributed by atoms with Crippen molar-refractivity contribution in [3.05, 3.63) is 17.2 Å². The summed E-state index contributed by atoms with van der Waals surface area (Å²) in [5, 5.41) is 4.51. The largest absolute Gasteiger partial charge is 0.367 e. The minimum Gasteiger partial charge on any atom is -0.367 e. The van der Waals surface area contributed by atoms with Crippen LogP contribution in [0.3, 0.4) is 0 Å². The van der Waals surface area contributed by atoms with E-state index in [1.54, 1.807) is 10.7 Å². The third-order valence-electron chi connectivity index (χ3n) is 2.02. The van der Waals surface area contributed by atoms with Gasteiger partial charge < -0.3 is 5.73 Å². The monoisotopic (exact) mass is 225 g/mol. The summed E-state index contributed by atoms with van der Waals surface area (Å²) in [6, 6.07) is 0. The van der Waals surface area contributed by atoms with E-state index in [-0.39, 0.29) is 5.95 Å². The number of hydrogen-bond acceptors (Lipinski definition) is 4. The second kappa shape index (κ2) is 3.66. The number of fused-ring (bicyclic) bond motifs is 1. The maximum atomic E-state index is 5.96. The Morgan fingerprint density at radius 1 is 1.53 bits per heavy atom. The molecule has 80 valence electrons. The second-order valence-electron chi connectivity index (χ2n) is 3.83. The third-order valence-corrected chi connectivity index (χ3v) is 2.30. The van der Waals surface area contributed by atoms with E-state index in [2.05, 4.69) is 28.9 Å². The number of hydrogen-bond donors (Lipinski definition) is 1. The number of anilines is 1. The van der Waals surface area contributed by atoms with Gasteiger partial charge in [0.25, 0.3) is 0 Å². The average molecular weight is 226 g/mol. The Kier molecular flexibility index (Phi) is 2.48. The van der Waals surface area contributed by atoms with Gasteiger partial charge in [0.2, 0.25) is 5.95 Å². The topological polar surface area (TPSA) is 69.1 Å². The van der Waals surface area contributed by atoms with E-state index in [9.17, 15) is 0 Å². The standard InChI is InChI=1S/C9H12ClN5/c1-5(2)3-7-13-8(10)6-4-12-9(11)14-15(6)7/h4-5H,3H2,1-2H3,(H2,11,14). The summed E-state index contributed by atoms with van der Waals surface area (Å²) in [5.41, 5.74) is 6.21. The van der Waals surface area contributed by atoms with Crippen LogP contribution in [0.1, 0.15) is 19.7 Å². The first-order valence-electron chi connectivity index (χ1n) is 4.73. The van der Waals surface area contributed by atoms with E-state index in [1.165, 1.54) is 0 Å². The fourth-order valence-corrected chi connectivity index (χ4v) is 1.64. The molecule has 0 aromatic carbocycles. The van der Waals surface area contributed by atoms with Crippen molar-refractivity contribution in [2.45, 2.75) is 20.3 Å². The summed E-state index contributed by atoms with van der Waals surface area (Å²) in [5.74, 6) is 1.53. The lowest BCUT2D eigenvalue weighted by Gasteiger charge is -2.02. The molecule has 2 rings (SSSR count). The molecule has 6 heteroatoms. The van der Waals surface area contributed by atoms with Crippen molar-refractivity contribution in [2.75, 3.05) is 5.73 Å². The molecule has 0 aliphatic heterocycles. The Morgan fingerprint density at radius 3 is 2.93 bits per heavy atom. The van der Waals surface area contributed by atoms with Gasteiger partial charge in [-0.15, -0.1) is 5.10 Å². The Labute approximate surface area is 92.3 Å². The summed E-state index contributed by atoms with van der Waals surface area (Å²) in [6.07, 6.45) is 2.39. The van der Waals surface area contributed by atoms with Crippen molar-refractivity contribution < 1.29 is 0 Å². The summed E-state index contributed by atoms with van der Waals surface area (Å²) >= 11 is 5.96. The van der Waals surface area contributed by atoms with E-state index in [4.69, 9.17) is 17.3 Å². The van der Waals surface area contributed by atoms with Gasteiger partial charge in [0.1, 0.15) is 11.3 Å². The van der Waals surface area contributed by atoms with Crippen LogP contribution in [-0.2, 0) is 6.42 Å². The molecule has 2 N–H and O–H groups in total. The van der Waals surface area contributed by atoms with Gasteiger partial charge in [-0.3, -0.25) is 0 Å². The second-order valence-corrected chi connectivity index (χ2v) is 4.19. The van der Waals surface area contributed by atoms with Crippen LogP contribution in [0.15, 0.2) is 6.20 Å². The minimum absolute atomic E-state index is 0.224. The summed E-state index contributed by atoms with van der Waals surface area (Å²) in [4.78, 5) is 8.12. The number of imidazole rings is 1. The maximum absolute atomic E-state index is 5.96. The third kappa shape index (κ3) is 1.87. The van der Waals surface area contributed by atoms with Crippen molar-refractivity contribution in [3.63, 3.8) is 0 Å². The first-order chi connectivity index (χ1) is 7.08. The van der Waals surface area contributed by atoms with Crippen molar-refractivity contribution in [1.29, 1.82) is 0 Å². The SMILES string of the molecule is CC(C)Cc1nc(Cl)c2cnc(N)nn12. The molecule has 0 aliphatic carbocycles. The number of aromatic nitrogens is 4. The lowest BCUT2D eigenvalue weighted by atomic mass is 10.1. The van der Waals surface area contributed by atoms with E-state index in [0.29, 0.717) is 16.6 Å². The van der Waals surface area contributed by atoms with Crippen LogP contribution in [-0.4, -0.2) is 19.6 Å². The normalized spacial score (nSPS) is 11.5. The van der Waals surface area contributed by atoms with Gasteiger partial charge in [-0.25, -0.2) is 14.5 Å². The molecule has 2 heterocycles. The van der Waals surface area contributed by atoms with Gasteiger partial charge in [-0.2, -0.15) is 0 Å². The molecule has 0 unspecified atom stereocenters. The van der Waals surface area contributed by atoms with Crippen molar-refractivity contribution in [1.82, 2.24) is 19.6 Å². The van der Waals surface area contributed by atoms with Crippen LogP contribution < -0.4 is 5.73 Å². The highest BCUT2D eigenvalue weighted by Crippen LogP contribution is 2.18. The molecule has 5 nitrogen and oxygen atoms in total. The molecule has 0 saturated heterocycles. The van der Waals surface area contributed by atoms with E-state index >= 15 is 0 Å². The average Bonchev–Trinajstić information content (AvgIpc) is 2.42. The lowest BCUT2D eigenvalue weighted by Crippen LogP contribution is -2.06. The Morgan fingerprint density at radius 2 is 2.27 bits per heavy atom. The number of nitrogens with zero attached hydrogens (tertiary/aromatic N) is 4. The van der Waals surface area contributed by atoms with Crippen LogP contribution in [0.2, 0.25) is 5.15 Å². The van der Waals surface area contributed by atoms with Gasteiger partial charge in [0.05, 0.1) is 6.20 Å². The summed E-state index contributed by atoms with van der Waals surface area (Å²) in [6.45, 7) is 4.22. The molecular weight excluding hydrogens is 214 g/mol. The first-order valence-corrected chi connectivity index (χ1v) is 5.11. The zero-order chi connectivity index (χ0) is 11.0. The zero-order valence-corrected chi connectivity index (χ0v) is 9.36. The summed E-state index contributed by atoms with van der Waals surface area (Å²) < 4.78 is 1.66. The summed E-state index contributed by atoms with van der Waals surface area (Å²) in [7, 11) is 0. The Balaban J connectivity index is 2.59. The number of nitrogens with two attached hydrogens (primary N) is 1. The number of rotatable bonds is 2. The molecule has 0 aliphatic rings. The number of halogens is 1. The molecule has 0 amide bonds. The molecule has 0 saturated carbocycles. The Bertz CT molecular complexity index is 490. The van der Waals surface area contributed by atoms with Crippen molar-refractivity contribution in [3.8, 4) is 0 Å². The molecular formula is C9H12ClN5. The number of nitrogen functional groups attached to an aromatic ring is 1. The van der Waals surface area contributed by atoms with Gasteiger partial charge in [-0.1, -0.05) is 25.4 Å². The minimum atomic E-state index is 0.224. The van der Waals surface area contributed by atoms with Gasteiger partial charge in [0, 0.05) is 6.42 Å². The van der Waals surface area contributed by atoms with Crippen LogP contribution in [0.5, 0.6) is 0 Å². The van der Waals surface area contributed by atoms with Crippen LogP contribution in [0.25, 0.3) is 5.52 Å². The molecule has 0 spiro atoms. The molecule has 2 aromatic heterocycles. The van der Waals surface area contributed by atoms with Crippen LogP contribution in [0, 0.1) is 5.92 Å². The van der Waals surface area contributed by atoms with Gasteiger partial charge in [0.15, 0.2) is 5.15 Å². The van der Waals surface area contributed by atoms with E-state index in [1.807, 2.05) is 0 Å². The maximum Gasteiger partial charge on any atom is 0.238 e. The molecule has 0 fully saturated rings. The molecule has 0 bridgehead atoms. The molecule has 2 aromatic rings. The fourth-order valence-electron chi connectivity index (χ4n) is 1.42. The molecule has 0 radical (unpaired) electrons. The fraction of sp³-hybridized carbons (Fsp3) is 0.444. The van der Waals surface area contributed by atoms with Crippen molar-refractivity contribution >= 4 is 23.1 Å². The molecule has 0 atom stereocenters. The van der Waals surface area contributed by atoms with E-state index < -0.39 is 0 Å². The predicted molar refractivity (Wildman–Crippen MR) is 58.7 cm³/mol.